The maximum absolute atomic E-state index is 6.48. The average molecular weight is 491 g/mol. The van der Waals surface area contributed by atoms with Crippen molar-refractivity contribution >= 4 is 71.4 Å². The van der Waals surface area contributed by atoms with Crippen molar-refractivity contribution < 1.29 is 0 Å². The van der Waals surface area contributed by atoms with Crippen molar-refractivity contribution in [2.24, 2.45) is 9.98 Å². The molecule has 0 radical (unpaired) electrons. The Kier molecular flexibility index (Phi) is 6.49. The zero-order valence-electron chi connectivity index (χ0n) is 16.9. The molecule has 0 saturated carbocycles. The second-order valence-corrected chi connectivity index (χ2v) is 12.7. The summed E-state index contributed by atoms with van der Waals surface area (Å²) < 4.78 is 0. The highest BCUT2D eigenvalue weighted by molar-refractivity contribution is 8.39. The van der Waals surface area contributed by atoms with Gasteiger partial charge in [0, 0.05) is 15.8 Å². The number of hydrogen-bond acceptors (Lipinski definition) is 2. The molecule has 0 N–H and O–H groups in total. The van der Waals surface area contributed by atoms with E-state index in [4.69, 9.17) is 33.2 Å². The van der Waals surface area contributed by atoms with Crippen molar-refractivity contribution in [2.75, 3.05) is 0 Å². The van der Waals surface area contributed by atoms with Crippen LogP contribution in [-0.4, -0.2) is 10.4 Å². The largest absolute Gasteiger partial charge is 0.245 e. The molecular weight excluding hydrogens is 473 g/mol. The maximum atomic E-state index is 6.48. The molecule has 32 heavy (non-hydrogen) atoms. The average Bonchev–Trinajstić information content (AvgIpc) is 2.82. The van der Waals surface area contributed by atoms with Gasteiger partial charge in [0.05, 0.1) is 31.8 Å². The van der Waals surface area contributed by atoms with Crippen LogP contribution in [-0.2, 0) is 0 Å². The lowest BCUT2D eigenvalue weighted by Gasteiger charge is -2.40. The van der Waals surface area contributed by atoms with Crippen LogP contribution in [0.2, 0.25) is 10.0 Å². The van der Waals surface area contributed by atoms with E-state index in [-0.39, 0.29) is 0 Å². The standard InChI is InChI=1S/C26H18Cl2N2P2/c27-21-15-7-9-17-23(21)29-25-31(19-11-3-1-4-12-19)26(30-24-18-10-8-16-22(24)28)32(25)20-13-5-2-6-14-20/h1-18H. The summed E-state index contributed by atoms with van der Waals surface area (Å²) in [5.74, 6) is 0. The van der Waals surface area contributed by atoms with Crippen LogP contribution in [0.3, 0.4) is 0 Å². The molecule has 0 aromatic heterocycles. The van der Waals surface area contributed by atoms with Gasteiger partial charge in [-0.2, -0.15) is 0 Å². The van der Waals surface area contributed by atoms with E-state index >= 15 is 0 Å². The molecule has 6 heteroatoms. The molecule has 0 aliphatic carbocycles. The van der Waals surface area contributed by atoms with Crippen LogP contribution in [0, 0.1) is 0 Å². The molecule has 0 unspecified atom stereocenters. The molecule has 5 rings (SSSR count). The van der Waals surface area contributed by atoms with Gasteiger partial charge >= 0.3 is 0 Å². The first kappa shape index (κ1) is 21.5. The van der Waals surface area contributed by atoms with Gasteiger partial charge in [-0.25, -0.2) is 9.98 Å². The van der Waals surface area contributed by atoms with E-state index in [0.29, 0.717) is 10.0 Å². The molecule has 1 saturated heterocycles. The van der Waals surface area contributed by atoms with E-state index in [2.05, 4.69) is 48.5 Å². The first-order valence-electron chi connectivity index (χ1n) is 10.1. The van der Waals surface area contributed by atoms with E-state index in [1.807, 2.05) is 60.7 Å². The molecule has 1 fully saturated rings. The summed E-state index contributed by atoms with van der Waals surface area (Å²) in [7, 11) is -1.69. The Morgan fingerprint density at radius 3 is 1.16 bits per heavy atom. The van der Waals surface area contributed by atoms with Gasteiger partial charge in [0.1, 0.15) is 0 Å². The molecule has 1 aliphatic rings. The number of para-hydroxylation sites is 2. The number of rotatable bonds is 4. The third-order valence-corrected chi connectivity index (χ3v) is 11.6. The fourth-order valence-electron chi connectivity index (χ4n) is 3.45. The van der Waals surface area contributed by atoms with E-state index in [1.54, 1.807) is 0 Å². The lowest BCUT2D eigenvalue weighted by atomic mass is 10.3. The second kappa shape index (κ2) is 9.65. The Balaban J connectivity index is 1.71. The Morgan fingerprint density at radius 2 is 0.781 bits per heavy atom. The molecule has 156 valence electrons. The Bertz CT molecular complexity index is 1190. The maximum Gasteiger partial charge on any atom is 0.0852 e. The third kappa shape index (κ3) is 4.29. The van der Waals surface area contributed by atoms with Crippen LogP contribution in [0.4, 0.5) is 11.4 Å². The number of hydrogen-bond donors (Lipinski definition) is 0. The summed E-state index contributed by atoms with van der Waals surface area (Å²) in [6.45, 7) is 0. The van der Waals surface area contributed by atoms with Crippen LogP contribution < -0.4 is 10.6 Å². The van der Waals surface area contributed by atoms with Gasteiger partial charge in [0.15, 0.2) is 0 Å². The van der Waals surface area contributed by atoms with Crippen molar-refractivity contribution in [3.05, 3.63) is 119 Å². The molecular formula is C26H18Cl2N2P2. The third-order valence-electron chi connectivity index (χ3n) is 4.97. The van der Waals surface area contributed by atoms with Gasteiger partial charge in [0.25, 0.3) is 0 Å². The minimum absolute atomic E-state index is 0.655. The van der Waals surface area contributed by atoms with Gasteiger partial charge in [-0.05, 0) is 34.9 Å². The monoisotopic (exact) mass is 490 g/mol. The smallest absolute Gasteiger partial charge is 0.0852 e. The summed E-state index contributed by atoms with van der Waals surface area (Å²) in [4.78, 5) is 10.2. The molecule has 0 atom stereocenters. The van der Waals surface area contributed by atoms with E-state index < -0.39 is 15.8 Å². The van der Waals surface area contributed by atoms with Gasteiger partial charge in [-0.3, -0.25) is 0 Å². The minimum Gasteiger partial charge on any atom is -0.245 e. The fourth-order valence-corrected chi connectivity index (χ4v) is 10.3. The Labute approximate surface area is 200 Å². The molecule has 0 amide bonds. The fraction of sp³-hybridized carbons (Fsp3) is 0. The number of benzene rings is 4. The predicted molar refractivity (Wildman–Crippen MR) is 143 cm³/mol. The van der Waals surface area contributed by atoms with E-state index in [9.17, 15) is 0 Å². The van der Waals surface area contributed by atoms with Gasteiger partial charge < -0.3 is 0 Å². The topological polar surface area (TPSA) is 24.7 Å². The van der Waals surface area contributed by atoms with Gasteiger partial charge in [0.2, 0.25) is 0 Å². The van der Waals surface area contributed by atoms with Crippen LogP contribution in [0.15, 0.2) is 119 Å². The van der Waals surface area contributed by atoms with Crippen molar-refractivity contribution in [1.82, 2.24) is 0 Å². The molecule has 1 heterocycles. The first-order chi connectivity index (χ1) is 15.7. The molecule has 0 bridgehead atoms. The zero-order valence-corrected chi connectivity index (χ0v) is 20.2. The number of nitrogens with zero attached hydrogens (tertiary/aromatic N) is 2. The summed E-state index contributed by atoms with van der Waals surface area (Å²) >= 11 is 13.0. The second-order valence-electron chi connectivity index (χ2n) is 7.07. The molecule has 4 aromatic carbocycles. The van der Waals surface area contributed by atoms with Crippen LogP contribution in [0.5, 0.6) is 0 Å². The normalized spacial score (nSPS) is 17.6. The highest BCUT2D eigenvalue weighted by Gasteiger charge is 2.46. The highest BCUT2D eigenvalue weighted by atomic mass is 35.5. The van der Waals surface area contributed by atoms with Gasteiger partial charge in [-0.15, -0.1) is 0 Å². The Hall–Kier alpha value is -2.34. The lowest BCUT2D eigenvalue weighted by molar-refractivity contribution is 1.53. The molecule has 0 spiro atoms. The lowest BCUT2D eigenvalue weighted by Crippen LogP contribution is -2.29. The predicted octanol–water partition coefficient (Wildman–Crippen LogP) is 8.30. The zero-order chi connectivity index (χ0) is 21.9. The molecule has 4 aromatic rings. The molecule has 2 nitrogen and oxygen atoms in total. The number of aliphatic imine (C=N–C) groups is 2. The van der Waals surface area contributed by atoms with E-state index in [1.165, 1.54) is 10.6 Å². The molecule has 1 aliphatic heterocycles. The van der Waals surface area contributed by atoms with E-state index in [0.717, 1.165) is 21.8 Å². The van der Waals surface area contributed by atoms with Crippen LogP contribution in [0.25, 0.3) is 0 Å². The minimum atomic E-state index is -0.843. The van der Waals surface area contributed by atoms with Crippen molar-refractivity contribution in [1.29, 1.82) is 0 Å². The highest BCUT2D eigenvalue weighted by Crippen LogP contribution is 2.72. The Morgan fingerprint density at radius 1 is 0.438 bits per heavy atom. The summed E-state index contributed by atoms with van der Waals surface area (Å²) in [6, 6.07) is 36.5. The SMILES string of the molecule is Clc1ccccc1N=C1P(c2ccccc2)C(=Nc2ccccc2Cl)P1c1ccccc1. The van der Waals surface area contributed by atoms with Crippen LogP contribution in [0.1, 0.15) is 0 Å². The van der Waals surface area contributed by atoms with Crippen molar-refractivity contribution in [3.8, 4) is 0 Å². The van der Waals surface area contributed by atoms with Gasteiger partial charge in [-0.1, -0.05) is 108 Å². The first-order valence-corrected chi connectivity index (χ1v) is 13.5. The van der Waals surface area contributed by atoms with Crippen molar-refractivity contribution in [2.45, 2.75) is 0 Å². The summed E-state index contributed by atoms with van der Waals surface area (Å²) in [5, 5.41) is 6.09. The number of halogens is 2. The van der Waals surface area contributed by atoms with Crippen molar-refractivity contribution in [3.63, 3.8) is 0 Å². The summed E-state index contributed by atoms with van der Waals surface area (Å²) in [5.41, 5.74) is 1.60. The summed E-state index contributed by atoms with van der Waals surface area (Å²) in [6.07, 6.45) is 0. The quantitative estimate of drug-likeness (QED) is 0.257. The van der Waals surface area contributed by atoms with Crippen LogP contribution >= 0.6 is 39.0 Å².